The van der Waals surface area contributed by atoms with Crippen molar-refractivity contribution in [3.63, 3.8) is 0 Å². The lowest BCUT2D eigenvalue weighted by atomic mass is 10.1. The molecule has 3 aromatic heterocycles. The number of aryl methyl sites for hydroxylation is 1. The summed E-state index contributed by atoms with van der Waals surface area (Å²) in [4.78, 5) is 18.8. The number of carbonyl (C=O) groups excluding carboxylic acids is 1. The van der Waals surface area contributed by atoms with E-state index in [0.29, 0.717) is 36.5 Å². The van der Waals surface area contributed by atoms with Gasteiger partial charge in [-0.1, -0.05) is 19.0 Å². The van der Waals surface area contributed by atoms with Crippen LogP contribution in [0, 0.1) is 0 Å². The van der Waals surface area contributed by atoms with Crippen molar-refractivity contribution in [3.8, 4) is 0 Å². The molecule has 4 rings (SSSR count). The number of likely N-dealkylation sites (tertiary alicyclic amines) is 1. The zero-order valence-electron chi connectivity index (χ0n) is 16.7. The average molecular weight is 421 g/mol. The largest absolute Gasteiger partial charge is 0.433 e. The van der Waals surface area contributed by atoms with Crippen LogP contribution in [0.3, 0.4) is 0 Å². The van der Waals surface area contributed by atoms with Crippen LogP contribution in [0.2, 0.25) is 0 Å². The molecule has 0 radical (unpaired) electrons. The lowest BCUT2D eigenvalue weighted by Gasteiger charge is -2.23. The summed E-state index contributed by atoms with van der Waals surface area (Å²) in [5, 5.41) is 7.84. The second-order valence-corrected chi connectivity index (χ2v) is 7.78. The number of fused-ring (bicyclic) bond motifs is 1. The van der Waals surface area contributed by atoms with Crippen LogP contribution < -0.4 is 0 Å². The van der Waals surface area contributed by atoms with Crippen LogP contribution in [0.4, 0.5) is 13.2 Å². The third-order valence-electron chi connectivity index (χ3n) is 5.34. The molecule has 4 heterocycles. The Balaban J connectivity index is 1.63. The summed E-state index contributed by atoms with van der Waals surface area (Å²) in [6.07, 6.45) is -0.963. The van der Waals surface area contributed by atoms with E-state index in [1.165, 1.54) is 6.20 Å². The Labute approximate surface area is 170 Å². The van der Waals surface area contributed by atoms with Crippen molar-refractivity contribution in [2.24, 2.45) is 0 Å². The molecule has 7 nitrogen and oxygen atoms in total. The van der Waals surface area contributed by atoms with Gasteiger partial charge in [-0.2, -0.15) is 18.3 Å². The van der Waals surface area contributed by atoms with Crippen molar-refractivity contribution in [1.82, 2.24) is 24.7 Å². The molecule has 1 unspecified atom stereocenters. The number of aromatic nitrogens is 4. The number of hydrogen-bond acceptors (Lipinski definition) is 5. The third kappa shape index (κ3) is 3.90. The molecule has 0 aromatic carbocycles. The van der Waals surface area contributed by atoms with E-state index < -0.39 is 11.9 Å². The molecule has 0 N–H and O–H groups in total. The van der Waals surface area contributed by atoms with Gasteiger partial charge >= 0.3 is 6.18 Å². The number of amides is 1. The maximum absolute atomic E-state index is 13.6. The van der Waals surface area contributed by atoms with Crippen LogP contribution in [0.25, 0.3) is 5.65 Å². The molecule has 1 saturated heterocycles. The Bertz CT molecular complexity index is 1040. The molecular formula is C20H22F3N5O2. The predicted molar refractivity (Wildman–Crippen MR) is 101 cm³/mol. The normalized spacial score (nSPS) is 17.4. The Hall–Kier alpha value is -2.91. The highest BCUT2D eigenvalue weighted by Gasteiger charge is 2.37. The molecule has 160 valence electrons. The van der Waals surface area contributed by atoms with Crippen LogP contribution >= 0.6 is 0 Å². The highest BCUT2D eigenvalue weighted by molar-refractivity contribution is 5.77. The lowest BCUT2D eigenvalue weighted by Crippen LogP contribution is -2.31. The van der Waals surface area contributed by atoms with E-state index in [4.69, 9.17) is 4.52 Å². The Morgan fingerprint density at radius 3 is 2.80 bits per heavy atom. The molecule has 30 heavy (non-hydrogen) atoms. The van der Waals surface area contributed by atoms with E-state index in [1.807, 2.05) is 0 Å². The van der Waals surface area contributed by atoms with Gasteiger partial charge in [0.1, 0.15) is 11.5 Å². The fraction of sp³-hybridized carbons (Fsp3) is 0.500. The van der Waals surface area contributed by atoms with Gasteiger partial charge < -0.3 is 9.42 Å². The van der Waals surface area contributed by atoms with Crippen LogP contribution in [0.5, 0.6) is 0 Å². The average Bonchev–Trinajstić information content (AvgIpc) is 3.43. The molecule has 10 heteroatoms. The zero-order valence-corrected chi connectivity index (χ0v) is 16.7. The van der Waals surface area contributed by atoms with Crippen molar-refractivity contribution in [1.29, 1.82) is 0 Å². The van der Waals surface area contributed by atoms with E-state index in [-0.39, 0.29) is 29.9 Å². The van der Waals surface area contributed by atoms with Gasteiger partial charge in [0.2, 0.25) is 5.91 Å². The number of hydrogen-bond donors (Lipinski definition) is 0. The standard InChI is InChI=1S/C20H22F3N5O2/c1-12(2)14-10-17(20(21,22)23)28-18(25-14)11-15(26-28)16-4-3-9-27(16)19(29)6-5-13-7-8-24-30-13/h7-8,10-12,16H,3-6,9H2,1-2H3. The van der Waals surface area contributed by atoms with Crippen molar-refractivity contribution < 1.29 is 22.5 Å². The summed E-state index contributed by atoms with van der Waals surface area (Å²) in [6.45, 7) is 4.13. The maximum Gasteiger partial charge on any atom is 0.433 e. The third-order valence-corrected chi connectivity index (χ3v) is 5.34. The minimum absolute atomic E-state index is 0.0853. The fourth-order valence-corrected chi connectivity index (χ4v) is 3.79. The van der Waals surface area contributed by atoms with Crippen LogP contribution in [0.1, 0.15) is 67.9 Å². The van der Waals surface area contributed by atoms with Gasteiger partial charge in [-0.15, -0.1) is 0 Å². The highest BCUT2D eigenvalue weighted by atomic mass is 19.4. The highest BCUT2D eigenvalue weighted by Crippen LogP contribution is 2.35. The van der Waals surface area contributed by atoms with Crippen molar-refractivity contribution in [2.45, 2.75) is 57.7 Å². The molecular weight excluding hydrogens is 399 g/mol. The molecule has 1 aliphatic heterocycles. The smallest absolute Gasteiger partial charge is 0.361 e. The SMILES string of the molecule is CC(C)c1cc(C(F)(F)F)n2nc(C3CCCN3C(=O)CCc3ccno3)cc2n1. The minimum atomic E-state index is -4.56. The maximum atomic E-state index is 13.6. The van der Waals surface area contributed by atoms with Gasteiger partial charge in [-0.25, -0.2) is 9.50 Å². The monoisotopic (exact) mass is 421 g/mol. The predicted octanol–water partition coefficient (Wildman–Crippen LogP) is 4.16. The molecule has 1 fully saturated rings. The number of halogens is 3. The van der Waals surface area contributed by atoms with E-state index in [9.17, 15) is 18.0 Å². The quantitative estimate of drug-likeness (QED) is 0.618. The molecule has 0 aliphatic carbocycles. The Morgan fingerprint density at radius 1 is 1.33 bits per heavy atom. The summed E-state index contributed by atoms with van der Waals surface area (Å²) in [6, 6.07) is 3.95. The first-order chi connectivity index (χ1) is 14.2. The summed E-state index contributed by atoms with van der Waals surface area (Å²) < 4.78 is 46.7. The summed E-state index contributed by atoms with van der Waals surface area (Å²) in [5.74, 6) is 0.375. The molecule has 1 atom stereocenters. The lowest BCUT2D eigenvalue weighted by molar-refractivity contribution is -0.142. The Morgan fingerprint density at radius 2 is 2.13 bits per heavy atom. The second kappa shape index (κ2) is 7.73. The molecule has 1 amide bonds. The number of carbonyl (C=O) groups is 1. The van der Waals surface area contributed by atoms with Crippen molar-refractivity contribution in [2.75, 3.05) is 6.54 Å². The molecule has 0 saturated carbocycles. The number of alkyl halides is 3. The number of nitrogens with zero attached hydrogens (tertiary/aromatic N) is 5. The van der Waals surface area contributed by atoms with E-state index >= 15 is 0 Å². The molecule has 3 aromatic rings. The van der Waals surface area contributed by atoms with Crippen LogP contribution in [-0.4, -0.2) is 37.1 Å². The first-order valence-corrected chi connectivity index (χ1v) is 9.91. The van der Waals surface area contributed by atoms with Crippen molar-refractivity contribution >= 4 is 11.6 Å². The summed E-state index contributed by atoms with van der Waals surface area (Å²) in [5.41, 5.74) is 0.0697. The van der Waals surface area contributed by atoms with Gasteiger partial charge in [0.05, 0.1) is 17.9 Å². The van der Waals surface area contributed by atoms with E-state index in [2.05, 4.69) is 15.2 Å². The van der Waals surface area contributed by atoms with Crippen LogP contribution in [0.15, 0.2) is 28.9 Å². The second-order valence-electron chi connectivity index (χ2n) is 7.78. The molecule has 0 bridgehead atoms. The fourth-order valence-electron chi connectivity index (χ4n) is 3.79. The first-order valence-electron chi connectivity index (χ1n) is 9.91. The minimum Gasteiger partial charge on any atom is -0.361 e. The van der Waals surface area contributed by atoms with Gasteiger partial charge in [-0.3, -0.25) is 4.79 Å². The molecule has 1 aliphatic rings. The van der Waals surface area contributed by atoms with Gasteiger partial charge in [-0.05, 0) is 24.8 Å². The van der Waals surface area contributed by atoms with E-state index in [0.717, 1.165) is 17.0 Å². The zero-order chi connectivity index (χ0) is 21.5. The summed E-state index contributed by atoms with van der Waals surface area (Å²) in [7, 11) is 0. The summed E-state index contributed by atoms with van der Waals surface area (Å²) >= 11 is 0. The van der Waals surface area contributed by atoms with Gasteiger partial charge in [0.25, 0.3) is 0 Å². The first kappa shape index (κ1) is 20.4. The number of rotatable bonds is 5. The topological polar surface area (TPSA) is 76.5 Å². The van der Waals surface area contributed by atoms with Gasteiger partial charge in [0.15, 0.2) is 5.65 Å². The van der Waals surface area contributed by atoms with Crippen LogP contribution in [-0.2, 0) is 17.4 Å². The van der Waals surface area contributed by atoms with E-state index in [1.54, 1.807) is 30.9 Å². The molecule has 0 spiro atoms. The van der Waals surface area contributed by atoms with Crippen molar-refractivity contribution in [3.05, 3.63) is 47.2 Å². The Kier molecular flexibility index (Phi) is 5.25. The van der Waals surface area contributed by atoms with Gasteiger partial charge in [0, 0.05) is 37.2 Å².